The lowest BCUT2D eigenvalue weighted by Crippen LogP contribution is -2.54. The van der Waals surface area contributed by atoms with Crippen LogP contribution < -0.4 is 0 Å². The monoisotopic (exact) mass is 348 g/mol. The molecule has 0 saturated heterocycles. The van der Waals surface area contributed by atoms with Gasteiger partial charge in [0.25, 0.3) is 0 Å². The highest BCUT2D eigenvalue weighted by Crippen LogP contribution is 2.47. The molecule has 0 aromatic heterocycles. The largest absolute Gasteiger partial charge is 0.462 e. The van der Waals surface area contributed by atoms with Crippen molar-refractivity contribution in [1.82, 2.24) is 0 Å². The first-order valence-corrected chi connectivity index (χ1v) is 5.24. The molecule has 15 heteroatoms. The molecule has 0 fully saturated rings. The summed E-state index contributed by atoms with van der Waals surface area (Å²) >= 11 is 0. The van der Waals surface area contributed by atoms with Crippen LogP contribution in [0.1, 0.15) is 0 Å². The Balaban J connectivity index is 5.10. The van der Waals surface area contributed by atoms with Crippen molar-refractivity contribution in [1.29, 1.82) is 0 Å². The zero-order valence-corrected chi connectivity index (χ0v) is 9.34. The maximum atomic E-state index is 12.4. The van der Waals surface area contributed by atoms with Crippen molar-refractivity contribution in [3.63, 3.8) is 0 Å². The maximum Gasteiger partial charge on any atom is 0.462 e. The molecule has 0 spiro atoms. The molecule has 0 saturated carbocycles. The molecule has 0 aromatic rings. The molecule has 0 N–H and O–H groups in total. The number of halogens is 10. The van der Waals surface area contributed by atoms with Gasteiger partial charge >= 0.3 is 34.8 Å². The standard InChI is InChI=1S/C5H2F10O4S/c6-2(7,8)1-18-20(16,17)19-5(14,15)3(9,10)4(11,12)13/h1H2. The number of rotatable bonds is 5. The van der Waals surface area contributed by atoms with Crippen molar-refractivity contribution in [3.05, 3.63) is 0 Å². The van der Waals surface area contributed by atoms with E-state index < -0.39 is 41.4 Å². The number of hydrogen-bond acceptors (Lipinski definition) is 4. The van der Waals surface area contributed by atoms with Gasteiger partial charge in [0.1, 0.15) is 0 Å². The lowest BCUT2D eigenvalue weighted by Gasteiger charge is -2.26. The van der Waals surface area contributed by atoms with E-state index in [1.54, 1.807) is 0 Å². The molecule has 122 valence electrons. The second-order valence-electron chi connectivity index (χ2n) is 2.96. The van der Waals surface area contributed by atoms with Crippen LogP contribution in [0.25, 0.3) is 0 Å². The fourth-order valence-corrected chi connectivity index (χ4v) is 1.20. The lowest BCUT2D eigenvalue weighted by molar-refractivity contribution is -0.403. The Kier molecular flexibility index (Phi) is 4.96. The van der Waals surface area contributed by atoms with Crippen molar-refractivity contribution < 1.29 is 60.7 Å². The van der Waals surface area contributed by atoms with Crippen LogP contribution in [0.5, 0.6) is 0 Å². The van der Waals surface area contributed by atoms with E-state index in [0.29, 0.717) is 0 Å². The Morgan fingerprint density at radius 2 is 1.20 bits per heavy atom. The van der Waals surface area contributed by atoms with E-state index in [0.717, 1.165) is 0 Å². The van der Waals surface area contributed by atoms with Crippen LogP contribution in [-0.4, -0.2) is 39.4 Å². The van der Waals surface area contributed by atoms with Gasteiger partial charge in [-0.1, -0.05) is 0 Å². The fourth-order valence-electron chi connectivity index (χ4n) is 0.509. The number of hydrogen-bond donors (Lipinski definition) is 0. The molecule has 0 aliphatic carbocycles. The van der Waals surface area contributed by atoms with Crippen molar-refractivity contribution in [3.8, 4) is 0 Å². The highest BCUT2D eigenvalue weighted by Gasteiger charge is 2.76. The third-order valence-electron chi connectivity index (χ3n) is 1.30. The predicted molar refractivity (Wildman–Crippen MR) is 38.0 cm³/mol. The van der Waals surface area contributed by atoms with E-state index in [-0.39, 0.29) is 0 Å². The van der Waals surface area contributed by atoms with Gasteiger partial charge in [-0.05, 0) is 0 Å². The molecule has 0 radical (unpaired) electrons. The normalized spacial score (nSPS) is 15.5. The summed E-state index contributed by atoms with van der Waals surface area (Å²) in [5.41, 5.74) is 0. The molecule has 0 aromatic carbocycles. The smallest absolute Gasteiger partial charge is 0.238 e. The van der Waals surface area contributed by atoms with E-state index in [9.17, 15) is 52.3 Å². The second kappa shape index (κ2) is 5.18. The first-order valence-electron chi connectivity index (χ1n) is 3.90. The van der Waals surface area contributed by atoms with Gasteiger partial charge in [0.2, 0.25) is 0 Å². The Labute approximate surface area is 103 Å². The van der Waals surface area contributed by atoms with E-state index >= 15 is 0 Å². The zero-order valence-electron chi connectivity index (χ0n) is 8.53. The second-order valence-corrected chi connectivity index (χ2v) is 4.18. The molecule has 0 amide bonds. The van der Waals surface area contributed by atoms with Gasteiger partial charge in [-0.15, -0.1) is 0 Å². The summed E-state index contributed by atoms with van der Waals surface area (Å²) in [4.78, 5) is 0. The Morgan fingerprint density at radius 1 is 0.800 bits per heavy atom. The first kappa shape index (κ1) is 19.2. The quantitative estimate of drug-likeness (QED) is 0.717. The average molecular weight is 348 g/mol. The summed E-state index contributed by atoms with van der Waals surface area (Å²) in [7, 11) is -6.47. The molecular weight excluding hydrogens is 346 g/mol. The summed E-state index contributed by atoms with van der Waals surface area (Å²) in [5.74, 6) is -6.98. The molecule has 0 aliphatic heterocycles. The van der Waals surface area contributed by atoms with Gasteiger partial charge in [0.15, 0.2) is 6.61 Å². The van der Waals surface area contributed by atoms with Crippen molar-refractivity contribution in [2.24, 2.45) is 0 Å². The third-order valence-corrected chi connectivity index (χ3v) is 2.12. The summed E-state index contributed by atoms with van der Waals surface area (Å²) in [6, 6.07) is 0. The Bertz CT molecular complexity index is 434. The summed E-state index contributed by atoms with van der Waals surface area (Å²) in [5, 5.41) is 0. The Morgan fingerprint density at radius 3 is 1.50 bits per heavy atom. The molecule has 0 aliphatic rings. The van der Waals surface area contributed by atoms with Crippen LogP contribution in [0, 0.1) is 0 Å². The molecule has 0 bridgehead atoms. The van der Waals surface area contributed by atoms with Gasteiger partial charge in [-0.3, -0.25) is 0 Å². The van der Waals surface area contributed by atoms with Crippen molar-refractivity contribution in [2.45, 2.75) is 24.4 Å². The molecular formula is C5H2F10O4S. The van der Waals surface area contributed by atoms with Gasteiger partial charge < -0.3 is 0 Å². The van der Waals surface area contributed by atoms with E-state index in [1.165, 1.54) is 0 Å². The molecule has 0 rings (SSSR count). The van der Waals surface area contributed by atoms with Crippen LogP contribution in [0.3, 0.4) is 0 Å². The highest BCUT2D eigenvalue weighted by atomic mass is 32.3. The highest BCUT2D eigenvalue weighted by molar-refractivity contribution is 7.81. The number of alkyl halides is 10. The molecule has 0 unspecified atom stereocenters. The first-order chi connectivity index (χ1) is 8.41. The zero-order chi connectivity index (χ0) is 16.6. The van der Waals surface area contributed by atoms with Crippen LogP contribution in [0.4, 0.5) is 43.9 Å². The molecule has 4 nitrogen and oxygen atoms in total. The summed E-state index contributed by atoms with van der Waals surface area (Å²) in [6.07, 6.45) is -19.0. The van der Waals surface area contributed by atoms with Crippen molar-refractivity contribution >= 4 is 10.4 Å². The van der Waals surface area contributed by atoms with Gasteiger partial charge in [0.05, 0.1) is 0 Å². The fraction of sp³-hybridized carbons (Fsp3) is 1.00. The average Bonchev–Trinajstić information content (AvgIpc) is 2.10. The molecule has 20 heavy (non-hydrogen) atoms. The van der Waals surface area contributed by atoms with Crippen LogP contribution in [-0.2, 0) is 18.8 Å². The summed E-state index contributed by atoms with van der Waals surface area (Å²) in [6.45, 7) is -2.76. The van der Waals surface area contributed by atoms with Crippen LogP contribution in [0.15, 0.2) is 0 Å². The van der Waals surface area contributed by atoms with E-state index in [4.69, 9.17) is 0 Å². The van der Waals surface area contributed by atoms with Crippen LogP contribution in [0.2, 0.25) is 0 Å². The minimum Gasteiger partial charge on any atom is -0.238 e. The molecule has 0 heterocycles. The minimum atomic E-state index is -6.98. The van der Waals surface area contributed by atoms with E-state index in [1.807, 2.05) is 0 Å². The van der Waals surface area contributed by atoms with Gasteiger partial charge in [-0.25, -0.2) is 4.18 Å². The van der Waals surface area contributed by atoms with Crippen molar-refractivity contribution in [2.75, 3.05) is 6.61 Å². The van der Waals surface area contributed by atoms with Gasteiger partial charge in [-0.2, -0.15) is 56.5 Å². The SMILES string of the molecule is O=S(=O)(OCC(F)(F)F)OC(F)(F)C(F)(F)C(F)(F)F. The van der Waals surface area contributed by atoms with E-state index in [2.05, 4.69) is 8.37 Å². The Hall–Kier alpha value is -0.830. The minimum absolute atomic E-state index is 2.06. The van der Waals surface area contributed by atoms with Crippen LogP contribution >= 0.6 is 0 Å². The third kappa shape index (κ3) is 4.93. The topological polar surface area (TPSA) is 52.6 Å². The van der Waals surface area contributed by atoms with Gasteiger partial charge in [0, 0.05) is 0 Å². The lowest BCUT2D eigenvalue weighted by atomic mass is 10.3. The molecule has 0 atom stereocenters. The predicted octanol–water partition coefficient (Wildman–Crippen LogP) is 2.62. The maximum absolute atomic E-state index is 12.4. The summed E-state index contributed by atoms with van der Waals surface area (Å²) < 4.78 is 144.